The lowest BCUT2D eigenvalue weighted by atomic mass is 9.81. The van der Waals surface area contributed by atoms with Crippen LogP contribution < -0.4 is 5.32 Å². The van der Waals surface area contributed by atoms with Crippen molar-refractivity contribution in [3.63, 3.8) is 0 Å². The van der Waals surface area contributed by atoms with E-state index in [0.717, 1.165) is 18.5 Å². The minimum absolute atomic E-state index is 0.242. The van der Waals surface area contributed by atoms with Gasteiger partial charge in [-0.05, 0) is 37.4 Å². The van der Waals surface area contributed by atoms with Gasteiger partial charge in [-0.1, -0.05) is 42.3 Å². The van der Waals surface area contributed by atoms with Gasteiger partial charge in [-0.15, -0.1) is 0 Å². The first-order valence-corrected chi connectivity index (χ1v) is 7.79. The Bertz CT molecular complexity index is 465. The summed E-state index contributed by atoms with van der Waals surface area (Å²) in [4.78, 5) is 0. The van der Waals surface area contributed by atoms with Gasteiger partial charge < -0.3 is 10.1 Å². The van der Waals surface area contributed by atoms with Crippen LogP contribution in [0.3, 0.4) is 0 Å². The number of benzene rings is 1. The van der Waals surface area contributed by atoms with Crippen molar-refractivity contribution in [3.05, 3.63) is 33.8 Å². The minimum Gasteiger partial charge on any atom is -0.375 e. The molecule has 2 bridgehead atoms. The highest BCUT2D eigenvalue weighted by Gasteiger charge is 2.44. The lowest BCUT2D eigenvalue weighted by molar-refractivity contribution is 0.0858. The van der Waals surface area contributed by atoms with E-state index in [-0.39, 0.29) is 6.04 Å². The standard InChI is InChI=1S/C15H19Cl2NO/c1-2-18-15(10-4-3-5-12(16)14(10)17)11-8-9-6-7-13(11)19-9/h3-5,9,11,13,15,18H,2,6-8H2,1H3. The Hall–Kier alpha value is -0.280. The second-order valence-electron chi connectivity index (χ2n) is 5.45. The molecule has 0 spiro atoms. The quantitative estimate of drug-likeness (QED) is 0.899. The van der Waals surface area contributed by atoms with Crippen LogP contribution in [0, 0.1) is 5.92 Å². The van der Waals surface area contributed by atoms with Crippen LogP contribution in [0.15, 0.2) is 18.2 Å². The molecule has 4 atom stereocenters. The summed E-state index contributed by atoms with van der Waals surface area (Å²) < 4.78 is 5.99. The Balaban J connectivity index is 1.90. The van der Waals surface area contributed by atoms with E-state index in [2.05, 4.69) is 18.3 Å². The van der Waals surface area contributed by atoms with Crippen molar-refractivity contribution < 1.29 is 4.74 Å². The summed E-state index contributed by atoms with van der Waals surface area (Å²) in [6.07, 6.45) is 4.35. The topological polar surface area (TPSA) is 21.3 Å². The highest BCUT2D eigenvalue weighted by Crippen LogP contribution is 2.46. The Morgan fingerprint density at radius 1 is 1.37 bits per heavy atom. The molecule has 0 saturated carbocycles. The molecule has 19 heavy (non-hydrogen) atoms. The molecule has 1 aromatic carbocycles. The van der Waals surface area contributed by atoms with Gasteiger partial charge in [0.2, 0.25) is 0 Å². The first-order chi connectivity index (χ1) is 9.20. The fourth-order valence-corrected chi connectivity index (χ4v) is 3.93. The molecule has 104 valence electrons. The van der Waals surface area contributed by atoms with Crippen LogP contribution in [-0.4, -0.2) is 18.8 Å². The van der Waals surface area contributed by atoms with E-state index in [1.54, 1.807) is 0 Å². The smallest absolute Gasteiger partial charge is 0.0640 e. The fraction of sp³-hybridized carbons (Fsp3) is 0.600. The van der Waals surface area contributed by atoms with Crippen molar-refractivity contribution in [2.75, 3.05) is 6.54 Å². The summed E-state index contributed by atoms with van der Waals surface area (Å²) in [5.74, 6) is 0.509. The number of hydrogen-bond donors (Lipinski definition) is 1. The predicted molar refractivity (Wildman–Crippen MR) is 78.9 cm³/mol. The summed E-state index contributed by atoms with van der Waals surface area (Å²) in [7, 11) is 0. The van der Waals surface area contributed by atoms with Crippen LogP contribution in [0.25, 0.3) is 0 Å². The summed E-state index contributed by atoms with van der Waals surface area (Å²) >= 11 is 12.5. The predicted octanol–water partition coefficient (Wildman–Crippen LogP) is 4.21. The lowest BCUT2D eigenvalue weighted by Gasteiger charge is -2.30. The molecule has 1 aromatic rings. The number of halogens is 2. The molecule has 2 nitrogen and oxygen atoms in total. The van der Waals surface area contributed by atoms with Crippen molar-refractivity contribution in [2.45, 2.75) is 44.4 Å². The fourth-order valence-electron chi connectivity index (χ4n) is 3.50. The highest BCUT2D eigenvalue weighted by atomic mass is 35.5. The molecule has 0 amide bonds. The van der Waals surface area contributed by atoms with Gasteiger partial charge in [0.05, 0.1) is 22.3 Å². The molecule has 2 aliphatic heterocycles. The van der Waals surface area contributed by atoms with Gasteiger partial charge in [0, 0.05) is 12.0 Å². The maximum atomic E-state index is 6.39. The molecule has 0 aliphatic carbocycles. The number of ether oxygens (including phenoxy) is 1. The first-order valence-electron chi connectivity index (χ1n) is 7.03. The van der Waals surface area contributed by atoms with E-state index in [1.807, 2.05) is 12.1 Å². The molecule has 2 aliphatic rings. The molecule has 0 aromatic heterocycles. The van der Waals surface area contributed by atoms with Crippen molar-refractivity contribution in [1.82, 2.24) is 5.32 Å². The number of fused-ring (bicyclic) bond motifs is 2. The van der Waals surface area contributed by atoms with Crippen molar-refractivity contribution in [2.24, 2.45) is 5.92 Å². The Labute approximate surface area is 124 Å². The monoisotopic (exact) mass is 299 g/mol. The Morgan fingerprint density at radius 2 is 2.21 bits per heavy atom. The average molecular weight is 300 g/mol. The molecular weight excluding hydrogens is 281 g/mol. The average Bonchev–Trinajstić information content (AvgIpc) is 3.02. The molecule has 4 unspecified atom stereocenters. The SMILES string of the molecule is CCNC(c1cccc(Cl)c1Cl)C1CC2CCC1O2. The van der Waals surface area contributed by atoms with Crippen LogP contribution in [-0.2, 0) is 4.74 Å². The maximum absolute atomic E-state index is 6.39. The van der Waals surface area contributed by atoms with Crippen LogP contribution in [0.4, 0.5) is 0 Å². The maximum Gasteiger partial charge on any atom is 0.0640 e. The van der Waals surface area contributed by atoms with E-state index in [1.165, 1.54) is 12.8 Å². The molecule has 3 rings (SSSR count). The summed E-state index contributed by atoms with van der Waals surface area (Å²) in [6, 6.07) is 6.13. The van der Waals surface area contributed by atoms with Gasteiger partial charge in [-0.25, -0.2) is 0 Å². The molecule has 2 saturated heterocycles. The summed E-state index contributed by atoms with van der Waals surface area (Å²) in [5.41, 5.74) is 1.11. The Morgan fingerprint density at radius 3 is 2.84 bits per heavy atom. The van der Waals surface area contributed by atoms with Gasteiger partial charge in [0.15, 0.2) is 0 Å². The molecular formula is C15H19Cl2NO. The van der Waals surface area contributed by atoms with Crippen LogP contribution in [0.1, 0.15) is 37.8 Å². The van der Waals surface area contributed by atoms with Gasteiger partial charge >= 0.3 is 0 Å². The van der Waals surface area contributed by atoms with Gasteiger partial charge in [0.1, 0.15) is 0 Å². The van der Waals surface area contributed by atoms with E-state index < -0.39 is 0 Å². The molecule has 2 heterocycles. The van der Waals surface area contributed by atoms with Crippen LogP contribution >= 0.6 is 23.2 Å². The molecule has 0 radical (unpaired) electrons. The van der Waals surface area contributed by atoms with Crippen molar-refractivity contribution >= 4 is 23.2 Å². The van der Waals surface area contributed by atoms with E-state index in [0.29, 0.717) is 28.2 Å². The lowest BCUT2D eigenvalue weighted by Crippen LogP contribution is -2.34. The molecule has 1 N–H and O–H groups in total. The van der Waals surface area contributed by atoms with Gasteiger partial charge in [0.25, 0.3) is 0 Å². The zero-order chi connectivity index (χ0) is 13.4. The second-order valence-corrected chi connectivity index (χ2v) is 6.24. The molecule has 2 fully saturated rings. The first kappa shape index (κ1) is 13.7. The van der Waals surface area contributed by atoms with Crippen LogP contribution in [0.2, 0.25) is 10.0 Å². The summed E-state index contributed by atoms with van der Waals surface area (Å²) in [6.45, 7) is 3.04. The number of nitrogens with one attached hydrogen (secondary N) is 1. The third kappa shape index (κ3) is 2.52. The minimum atomic E-state index is 0.242. The molecule has 4 heteroatoms. The van der Waals surface area contributed by atoms with Crippen molar-refractivity contribution in [1.29, 1.82) is 0 Å². The number of hydrogen-bond acceptors (Lipinski definition) is 2. The van der Waals surface area contributed by atoms with E-state index in [4.69, 9.17) is 27.9 Å². The summed E-state index contributed by atoms with van der Waals surface area (Å²) in [5, 5.41) is 4.88. The third-order valence-electron chi connectivity index (χ3n) is 4.32. The second kappa shape index (κ2) is 5.61. The third-order valence-corrected chi connectivity index (χ3v) is 5.16. The zero-order valence-corrected chi connectivity index (χ0v) is 12.5. The van der Waals surface area contributed by atoms with Crippen molar-refractivity contribution in [3.8, 4) is 0 Å². The van der Waals surface area contributed by atoms with Crippen LogP contribution in [0.5, 0.6) is 0 Å². The van der Waals surface area contributed by atoms with E-state index >= 15 is 0 Å². The zero-order valence-electron chi connectivity index (χ0n) is 11.0. The number of rotatable bonds is 4. The van der Waals surface area contributed by atoms with Gasteiger partial charge in [-0.3, -0.25) is 0 Å². The normalized spacial score (nSPS) is 30.8. The Kier molecular flexibility index (Phi) is 4.04. The van der Waals surface area contributed by atoms with Gasteiger partial charge in [-0.2, -0.15) is 0 Å². The highest BCUT2D eigenvalue weighted by molar-refractivity contribution is 6.42. The largest absolute Gasteiger partial charge is 0.375 e. The van der Waals surface area contributed by atoms with E-state index in [9.17, 15) is 0 Å².